The van der Waals surface area contributed by atoms with E-state index in [9.17, 15) is 0 Å². The van der Waals surface area contributed by atoms with Crippen molar-refractivity contribution in [2.45, 2.75) is 19.9 Å². The molecular weight excluding hydrogens is 260 g/mol. The number of fused-ring (bicyclic) bond motifs is 1. The van der Waals surface area contributed by atoms with Crippen molar-refractivity contribution in [2.75, 3.05) is 30.9 Å². The van der Waals surface area contributed by atoms with Gasteiger partial charge in [-0.1, -0.05) is 12.1 Å². The van der Waals surface area contributed by atoms with Crippen LogP contribution in [0.1, 0.15) is 16.7 Å². The summed E-state index contributed by atoms with van der Waals surface area (Å²) < 4.78 is 5.24. The van der Waals surface area contributed by atoms with Crippen LogP contribution in [0, 0.1) is 6.92 Å². The largest absolute Gasteiger partial charge is 0.497 e. The van der Waals surface area contributed by atoms with E-state index in [4.69, 9.17) is 4.74 Å². The number of rotatable bonds is 4. The molecule has 0 spiro atoms. The van der Waals surface area contributed by atoms with Crippen LogP contribution in [0.2, 0.25) is 0 Å². The maximum atomic E-state index is 5.24. The number of methoxy groups -OCH3 is 1. The predicted octanol–water partition coefficient (Wildman–Crippen LogP) is 3.61. The number of hydrogen-bond acceptors (Lipinski definition) is 3. The first-order chi connectivity index (χ1) is 10.2. The van der Waals surface area contributed by atoms with E-state index in [2.05, 4.69) is 54.5 Å². The third kappa shape index (κ3) is 2.82. The molecule has 2 aromatic carbocycles. The van der Waals surface area contributed by atoms with Gasteiger partial charge in [-0.05, 0) is 54.3 Å². The zero-order chi connectivity index (χ0) is 14.8. The SMILES string of the molecule is COc1ccc(NCc2ccc3c(c2)CCN3C)c(C)c1. The molecule has 0 aromatic heterocycles. The predicted molar refractivity (Wildman–Crippen MR) is 88.5 cm³/mol. The molecule has 0 saturated heterocycles. The Labute approximate surface area is 126 Å². The van der Waals surface area contributed by atoms with Crippen LogP contribution in [-0.2, 0) is 13.0 Å². The van der Waals surface area contributed by atoms with E-state index in [1.165, 1.54) is 22.4 Å². The summed E-state index contributed by atoms with van der Waals surface area (Å²) in [5.41, 5.74) is 6.53. The second-order valence-electron chi connectivity index (χ2n) is 5.67. The van der Waals surface area contributed by atoms with Crippen molar-refractivity contribution in [3.8, 4) is 5.75 Å². The van der Waals surface area contributed by atoms with Gasteiger partial charge >= 0.3 is 0 Å². The average molecular weight is 282 g/mol. The Hall–Kier alpha value is -2.16. The molecule has 0 saturated carbocycles. The molecule has 110 valence electrons. The van der Waals surface area contributed by atoms with Crippen LogP contribution >= 0.6 is 0 Å². The zero-order valence-electron chi connectivity index (χ0n) is 12.9. The minimum absolute atomic E-state index is 0.851. The van der Waals surface area contributed by atoms with Crippen molar-refractivity contribution in [1.82, 2.24) is 0 Å². The molecule has 0 aliphatic carbocycles. The monoisotopic (exact) mass is 282 g/mol. The maximum absolute atomic E-state index is 5.24. The van der Waals surface area contributed by atoms with Crippen LogP contribution in [0.5, 0.6) is 5.75 Å². The summed E-state index contributed by atoms with van der Waals surface area (Å²) in [6.07, 6.45) is 1.15. The zero-order valence-corrected chi connectivity index (χ0v) is 12.9. The number of aryl methyl sites for hydroxylation is 1. The average Bonchev–Trinajstić information content (AvgIpc) is 2.87. The molecule has 1 aliphatic rings. The van der Waals surface area contributed by atoms with E-state index in [1.54, 1.807) is 7.11 Å². The first-order valence-electron chi connectivity index (χ1n) is 7.39. The Balaban J connectivity index is 1.71. The summed E-state index contributed by atoms with van der Waals surface area (Å²) in [6.45, 7) is 4.08. The number of likely N-dealkylation sites (N-methyl/N-ethyl adjacent to an activating group) is 1. The lowest BCUT2D eigenvalue weighted by atomic mass is 10.1. The Morgan fingerprint density at radius 3 is 2.81 bits per heavy atom. The molecule has 0 radical (unpaired) electrons. The number of nitrogens with zero attached hydrogens (tertiary/aromatic N) is 1. The summed E-state index contributed by atoms with van der Waals surface area (Å²) >= 11 is 0. The minimum atomic E-state index is 0.851. The molecule has 1 heterocycles. The van der Waals surface area contributed by atoms with Gasteiger partial charge in [0.25, 0.3) is 0 Å². The van der Waals surface area contributed by atoms with Crippen molar-refractivity contribution < 1.29 is 4.74 Å². The van der Waals surface area contributed by atoms with E-state index in [-0.39, 0.29) is 0 Å². The molecule has 1 aliphatic heterocycles. The van der Waals surface area contributed by atoms with Gasteiger partial charge in [-0.25, -0.2) is 0 Å². The smallest absolute Gasteiger partial charge is 0.119 e. The number of nitrogens with one attached hydrogen (secondary N) is 1. The second-order valence-corrected chi connectivity index (χ2v) is 5.67. The minimum Gasteiger partial charge on any atom is -0.497 e. The van der Waals surface area contributed by atoms with Gasteiger partial charge in [0.1, 0.15) is 5.75 Å². The molecule has 0 fully saturated rings. The number of ether oxygens (including phenoxy) is 1. The van der Waals surface area contributed by atoms with Crippen LogP contribution in [0.4, 0.5) is 11.4 Å². The van der Waals surface area contributed by atoms with Crippen molar-refractivity contribution in [3.63, 3.8) is 0 Å². The van der Waals surface area contributed by atoms with Crippen LogP contribution in [-0.4, -0.2) is 20.7 Å². The van der Waals surface area contributed by atoms with Crippen molar-refractivity contribution >= 4 is 11.4 Å². The van der Waals surface area contributed by atoms with Crippen molar-refractivity contribution in [3.05, 3.63) is 53.1 Å². The Kier molecular flexibility index (Phi) is 3.74. The lowest BCUT2D eigenvalue weighted by Crippen LogP contribution is -2.12. The summed E-state index contributed by atoms with van der Waals surface area (Å²) in [5.74, 6) is 0.901. The molecule has 3 nitrogen and oxygen atoms in total. The fourth-order valence-electron chi connectivity index (χ4n) is 2.89. The van der Waals surface area contributed by atoms with Gasteiger partial charge < -0.3 is 15.0 Å². The third-order valence-corrected chi connectivity index (χ3v) is 4.19. The Morgan fingerprint density at radius 1 is 1.19 bits per heavy atom. The molecule has 21 heavy (non-hydrogen) atoms. The number of anilines is 2. The van der Waals surface area contributed by atoms with Gasteiger partial charge in [0, 0.05) is 31.5 Å². The van der Waals surface area contributed by atoms with Crippen molar-refractivity contribution in [2.24, 2.45) is 0 Å². The summed E-state index contributed by atoms with van der Waals surface area (Å²) in [5, 5.41) is 3.51. The molecule has 1 N–H and O–H groups in total. The molecule has 0 unspecified atom stereocenters. The van der Waals surface area contributed by atoms with E-state index in [0.29, 0.717) is 0 Å². The van der Waals surface area contributed by atoms with Crippen LogP contribution in [0.15, 0.2) is 36.4 Å². The highest BCUT2D eigenvalue weighted by molar-refractivity contribution is 5.59. The first kappa shape index (κ1) is 13.8. The van der Waals surface area contributed by atoms with Gasteiger partial charge in [-0.3, -0.25) is 0 Å². The highest BCUT2D eigenvalue weighted by Crippen LogP contribution is 2.28. The van der Waals surface area contributed by atoms with E-state index in [1.807, 2.05) is 6.07 Å². The fourth-order valence-corrected chi connectivity index (χ4v) is 2.89. The second kappa shape index (κ2) is 5.68. The molecule has 0 atom stereocenters. The molecular formula is C18H22N2O. The fraction of sp³-hybridized carbons (Fsp3) is 0.333. The van der Waals surface area contributed by atoms with Gasteiger partial charge in [0.15, 0.2) is 0 Å². The van der Waals surface area contributed by atoms with E-state index >= 15 is 0 Å². The van der Waals surface area contributed by atoms with Crippen LogP contribution in [0.25, 0.3) is 0 Å². The number of hydrogen-bond donors (Lipinski definition) is 1. The normalized spacial score (nSPS) is 13.2. The molecule has 3 rings (SSSR count). The van der Waals surface area contributed by atoms with Gasteiger partial charge in [-0.2, -0.15) is 0 Å². The molecule has 0 amide bonds. The molecule has 0 bridgehead atoms. The maximum Gasteiger partial charge on any atom is 0.119 e. The lowest BCUT2D eigenvalue weighted by Gasteiger charge is -2.14. The summed E-state index contributed by atoms with van der Waals surface area (Å²) in [7, 11) is 3.86. The Bertz CT molecular complexity index is 652. The van der Waals surface area contributed by atoms with Crippen LogP contribution < -0.4 is 15.0 Å². The summed E-state index contributed by atoms with van der Waals surface area (Å²) in [4.78, 5) is 2.32. The quantitative estimate of drug-likeness (QED) is 0.927. The highest BCUT2D eigenvalue weighted by atomic mass is 16.5. The summed E-state index contributed by atoms with van der Waals surface area (Å²) in [6, 6.07) is 12.9. The standard InChI is InChI=1S/C18H22N2O/c1-13-10-16(21-3)5-6-17(13)19-12-14-4-7-18-15(11-14)8-9-20(18)2/h4-7,10-11,19H,8-9,12H2,1-3H3. The van der Waals surface area contributed by atoms with E-state index in [0.717, 1.165) is 30.9 Å². The van der Waals surface area contributed by atoms with Crippen LogP contribution in [0.3, 0.4) is 0 Å². The lowest BCUT2D eigenvalue weighted by molar-refractivity contribution is 0.414. The van der Waals surface area contributed by atoms with Gasteiger partial charge in [0.2, 0.25) is 0 Å². The molecule has 3 heteroatoms. The highest BCUT2D eigenvalue weighted by Gasteiger charge is 2.15. The van der Waals surface area contributed by atoms with Crippen molar-refractivity contribution in [1.29, 1.82) is 0 Å². The number of benzene rings is 2. The first-order valence-corrected chi connectivity index (χ1v) is 7.39. The van der Waals surface area contributed by atoms with Gasteiger partial charge in [-0.15, -0.1) is 0 Å². The molecule has 2 aromatic rings. The topological polar surface area (TPSA) is 24.5 Å². The Morgan fingerprint density at radius 2 is 2.05 bits per heavy atom. The van der Waals surface area contributed by atoms with E-state index < -0.39 is 0 Å². The van der Waals surface area contributed by atoms with Gasteiger partial charge in [0.05, 0.1) is 7.11 Å². The third-order valence-electron chi connectivity index (χ3n) is 4.19.